The molecule has 0 bridgehead atoms. The molecule has 104 valence electrons. The third-order valence-corrected chi connectivity index (χ3v) is 4.13. The van der Waals surface area contributed by atoms with E-state index in [0.717, 1.165) is 18.7 Å². The van der Waals surface area contributed by atoms with Gasteiger partial charge >= 0.3 is 0 Å². The molecule has 1 N–H and O–H groups in total. The van der Waals surface area contributed by atoms with Gasteiger partial charge in [0.25, 0.3) is 0 Å². The monoisotopic (exact) mass is 275 g/mol. The number of ether oxygens (including phenoxy) is 1. The summed E-state index contributed by atoms with van der Waals surface area (Å²) in [5, 5.41) is 3.43. The highest BCUT2D eigenvalue weighted by molar-refractivity contribution is 5.85. The Morgan fingerprint density at radius 1 is 1.19 bits per heavy atom. The number of para-hydroxylation sites is 1. The third kappa shape index (κ3) is 1.87. The fraction of sp³-hybridized carbons (Fsp3) is 0.158. The van der Waals surface area contributed by atoms with Crippen LogP contribution in [0, 0.1) is 0 Å². The second-order valence-corrected chi connectivity index (χ2v) is 5.40. The lowest BCUT2D eigenvalue weighted by Crippen LogP contribution is -2.17. The van der Waals surface area contributed by atoms with Crippen LogP contribution in [-0.4, -0.2) is 6.54 Å². The average molecular weight is 275 g/mol. The van der Waals surface area contributed by atoms with Crippen molar-refractivity contribution in [2.75, 3.05) is 11.9 Å². The lowest BCUT2D eigenvalue weighted by molar-refractivity contribution is 0.206. The molecular formula is C19H17NO. The standard InChI is InChI=1S/C19H17NO/c1-2-6-18-19-14(13-7-3-4-9-17(13)21-18)10-11-16-15(19)8-5-12-20-16/h2-5,7-11,18,20H,1,6,12H2. The van der Waals surface area contributed by atoms with E-state index < -0.39 is 0 Å². The molecule has 1 atom stereocenters. The molecule has 0 radical (unpaired) electrons. The van der Waals surface area contributed by atoms with Crippen molar-refractivity contribution in [1.82, 2.24) is 0 Å². The smallest absolute Gasteiger partial charge is 0.128 e. The topological polar surface area (TPSA) is 21.3 Å². The summed E-state index contributed by atoms with van der Waals surface area (Å²) in [7, 11) is 0. The fourth-order valence-electron chi connectivity index (χ4n) is 3.22. The molecule has 4 rings (SSSR count). The molecule has 0 saturated carbocycles. The predicted octanol–water partition coefficient (Wildman–Crippen LogP) is 4.80. The molecule has 2 aliphatic rings. The van der Waals surface area contributed by atoms with Gasteiger partial charge in [-0.25, -0.2) is 0 Å². The van der Waals surface area contributed by atoms with E-state index in [-0.39, 0.29) is 6.10 Å². The molecule has 21 heavy (non-hydrogen) atoms. The Hall–Kier alpha value is -2.48. The molecule has 2 aliphatic heterocycles. The maximum absolute atomic E-state index is 6.23. The largest absolute Gasteiger partial charge is 0.485 e. The SMILES string of the molecule is C=CCC1Oc2ccccc2-c2ccc3c(c21)C=CCN3. The maximum atomic E-state index is 6.23. The molecule has 2 heteroatoms. The molecule has 0 saturated heterocycles. The zero-order chi connectivity index (χ0) is 14.2. The number of anilines is 1. The highest BCUT2D eigenvalue weighted by Gasteiger charge is 2.28. The van der Waals surface area contributed by atoms with Gasteiger partial charge in [0, 0.05) is 35.3 Å². The van der Waals surface area contributed by atoms with Crippen molar-refractivity contribution >= 4 is 11.8 Å². The van der Waals surface area contributed by atoms with E-state index >= 15 is 0 Å². The van der Waals surface area contributed by atoms with Gasteiger partial charge in [0.2, 0.25) is 0 Å². The number of hydrogen-bond donors (Lipinski definition) is 1. The minimum atomic E-state index is 0.0342. The van der Waals surface area contributed by atoms with E-state index in [4.69, 9.17) is 4.74 Å². The van der Waals surface area contributed by atoms with Crippen LogP contribution in [0.3, 0.4) is 0 Å². The summed E-state index contributed by atoms with van der Waals surface area (Å²) in [5.41, 5.74) is 6.16. The molecule has 2 aromatic rings. The molecule has 2 heterocycles. The van der Waals surface area contributed by atoms with Gasteiger partial charge in [-0.3, -0.25) is 0 Å². The number of benzene rings is 2. The quantitative estimate of drug-likeness (QED) is 0.795. The Balaban J connectivity index is 1.99. The highest BCUT2D eigenvalue weighted by atomic mass is 16.5. The van der Waals surface area contributed by atoms with Gasteiger partial charge in [0.05, 0.1) is 0 Å². The minimum absolute atomic E-state index is 0.0342. The summed E-state index contributed by atoms with van der Waals surface area (Å²) < 4.78 is 6.23. The number of hydrogen-bond acceptors (Lipinski definition) is 2. The van der Waals surface area contributed by atoms with Crippen LogP contribution < -0.4 is 10.1 Å². The van der Waals surface area contributed by atoms with Crippen molar-refractivity contribution in [1.29, 1.82) is 0 Å². The van der Waals surface area contributed by atoms with Crippen molar-refractivity contribution in [3.05, 3.63) is 66.3 Å². The average Bonchev–Trinajstić information content (AvgIpc) is 2.54. The zero-order valence-corrected chi connectivity index (χ0v) is 11.8. The van der Waals surface area contributed by atoms with Crippen LogP contribution in [0.15, 0.2) is 55.1 Å². The summed E-state index contributed by atoms with van der Waals surface area (Å²) in [5.74, 6) is 0.963. The molecule has 0 amide bonds. The third-order valence-electron chi connectivity index (χ3n) is 4.13. The summed E-state index contributed by atoms with van der Waals surface area (Å²) >= 11 is 0. The molecular weight excluding hydrogens is 258 g/mol. The van der Waals surface area contributed by atoms with Crippen LogP contribution in [0.25, 0.3) is 17.2 Å². The predicted molar refractivity (Wildman–Crippen MR) is 87.6 cm³/mol. The maximum Gasteiger partial charge on any atom is 0.128 e. The first kappa shape index (κ1) is 12.3. The summed E-state index contributed by atoms with van der Waals surface area (Å²) in [6.07, 6.45) is 7.14. The minimum Gasteiger partial charge on any atom is -0.485 e. The van der Waals surface area contributed by atoms with Crippen LogP contribution in [-0.2, 0) is 0 Å². The second kappa shape index (κ2) is 4.81. The van der Waals surface area contributed by atoms with Crippen molar-refractivity contribution in [3.63, 3.8) is 0 Å². The van der Waals surface area contributed by atoms with Gasteiger partial charge in [0.1, 0.15) is 11.9 Å². The Kier molecular flexibility index (Phi) is 2.81. The Bertz CT molecular complexity index is 745. The van der Waals surface area contributed by atoms with Gasteiger partial charge in [0.15, 0.2) is 0 Å². The van der Waals surface area contributed by atoms with Crippen molar-refractivity contribution in [2.45, 2.75) is 12.5 Å². The van der Waals surface area contributed by atoms with E-state index in [1.165, 1.54) is 27.9 Å². The van der Waals surface area contributed by atoms with E-state index in [0.29, 0.717) is 0 Å². The van der Waals surface area contributed by atoms with Crippen LogP contribution in [0.4, 0.5) is 5.69 Å². The van der Waals surface area contributed by atoms with Crippen molar-refractivity contribution in [3.8, 4) is 16.9 Å². The molecule has 2 nitrogen and oxygen atoms in total. The Labute approximate surface area is 124 Å². The molecule has 0 aromatic heterocycles. The van der Waals surface area contributed by atoms with Crippen LogP contribution in [0.1, 0.15) is 23.7 Å². The summed E-state index contributed by atoms with van der Waals surface area (Å²) in [4.78, 5) is 0. The van der Waals surface area contributed by atoms with Gasteiger partial charge in [-0.15, -0.1) is 6.58 Å². The fourth-order valence-corrected chi connectivity index (χ4v) is 3.22. The Morgan fingerprint density at radius 3 is 3.00 bits per heavy atom. The lowest BCUT2D eigenvalue weighted by Gasteiger charge is -2.31. The van der Waals surface area contributed by atoms with Gasteiger partial charge < -0.3 is 10.1 Å². The van der Waals surface area contributed by atoms with E-state index in [1.807, 2.05) is 18.2 Å². The molecule has 0 fully saturated rings. The van der Waals surface area contributed by atoms with E-state index in [2.05, 4.69) is 48.3 Å². The number of rotatable bonds is 2. The van der Waals surface area contributed by atoms with Crippen molar-refractivity contribution in [2.24, 2.45) is 0 Å². The van der Waals surface area contributed by atoms with E-state index in [1.54, 1.807) is 0 Å². The lowest BCUT2D eigenvalue weighted by atomic mass is 9.86. The molecule has 0 spiro atoms. The first-order chi connectivity index (χ1) is 10.4. The van der Waals surface area contributed by atoms with Crippen LogP contribution in [0.5, 0.6) is 5.75 Å². The first-order valence-electron chi connectivity index (χ1n) is 7.33. The number of nitrogens with one attached hydrogen (secondary N) is 1. The van der Waals surface area contributed by atoms with Gasteiger partial charge in [-0.2, -0.15) is 0 Å². The summed E-state index contributed by atoms with van der Waals surface area (Å²) in [6, 6.07) is 12.6. The Morgan fingerprint density at radius 2 is 2.10 bits per heavy atom. The normalized spacial score (nSPS) is 17.8. The second-order valence-electron chi connectivity index (χ2n) is 5.40. The van der Waals surface area contributed by atoms with Crippen LogP contribution >= 0.6 is 0 Å². The van der Waals surface area contributed by atoms with Crippen LogP contribution in [0.2, 0.25) is 0 Å². The highest BCUT2D eigenvalue weighted by Crippen LogP contribution is 2.47. The molecule has 2 aromatic carbocycles. The molecule has 1 unspecified atom stereocenters. The number of fused-ring (bicyclic) bond motifs is 5. The molecule has 0 aliphatic carbocycles. The summed E-state index contributed by atoms with van der Waals surface area (Å²) in [6.45, 7) is 4.77. The first-order valence-corrected chi connectivity index (χ1v) is 7.33. The van der Waals surface area contributed by atoms with E-state index in [9.17, 15) is 0 Å². The van der Waals surface area contributed by atoms with Crippen molar-refractivity contribution < 1.29 is 4.74 Å². The zero-order valence-electron chi connectivity index (χ0n) is 11.8. The van der Waals surface area contributed by atoms with Gasteiger partial charge in [-0.1, -0.05) is 42.5 Å². The van der Waals surface area contributed by atoms with Gasteiger partial charge in [-0.05, 0) is 17.7 Å².